The molecule has 5 heteroatoms. The van der Waals surface area contributed by atoms with Crippen LogP contribution in [0.3, 0.4) is 0 Å². The molecule has 0 N–H and O–H groups in total. The molecule has 114 valence electrons. The number of ketones is 1. The summed E-state index contributed by atoms with van der Waals surface area (Å²) in [6, 6.07) is 0. The molecule has 0 fully saturated rings. The second kappa shape index (κ2) is 7.66. The Hall–Kier alpha value is -1.04. The highest BCUT2D eigenvalue weighted by Crippen LogP contribution is 2.15. The summed E-state index contributed by atoms with van der Waals surface area (Å²) in [6.45, 7) is 15.7. The van der Waals surface area contributed by atoms with Gasteiger partial charge >= 0.3 is 0 Å². The van der Waals surface area contributed by atoms with Gasteiger partial charge in [0.15, 0.2) is 5.78 Å². The number of nitrogens with zero attached hydrogens (tertiary/aromatic N) is 1. The highest BCUT2D eigenvalue weighted by molar-refractivity contribution is 6.76. The van der Waals surface area contributed by atoms with E-state index >= 15 is 0 Å². The van der Waals surface area contributed by atoms with Crippen molar-refractivity contribution >= 4 is 20.1 Å². The van der Waals surface area contributed by atoms with Crippen molar-refractivity contribution in [1.82, 2.24) is 4.90 Å². The minimum atomic E-state index is -1.31. The first kappa shape index (κ1) is 19.0. The van der Waals surface area contributed by atoms with Gasteiger partial charge in [-0.3, -0.25) is 9.69 Å². The van der Waals surface area contributed by atoms with Crippen molar-refractivity contribution in [3.63, 3.8) is 0 Å². The summed E-state index contributed by atoms with van der Waals surface area (Å²) in [5, 5.41) is 0. The van der Waals surface area contributed by atoms with Gasteiger partial charge in [0.25, 0.3) is 0 Å². The fourth-order valence-electron chi connectivity index (χ4n) is 1.68. The third-order valence-electron chi connectivity index (χ3n) is 3.07. The van der Waals surface area contributed by atoms with Crippen LogP contribution in [0.5, 0.6) is 0 Å². The first-order valence-corrected chi connectivity index (χ1v) is 10.4. The minimum Gasteiger partial charge on any atom is -0.371 e. The summed E-state index contributed by atoms with van der Waals surface area (Å²) >= 11 is 0. The highest BCUT2D eigenvalue weighted by atomic mass is 28.3. The molecule has 0 aliphatic carbocycles. The average Bonchev–Trinajstić information content (AvgIpc) is 2.35. The number of hydrogen-bond acceptors (Lipinski definition) is 4. The molecule has 0 aliphatic rings. The second-order valence-electron chi connectivity index (χ2n) is 6.54. The Bertz CT molecular complexity index is 387. The van der Waals surface area contributed by atoms with Crippen LogP contribution in [0.4, 0.5) is 0 Å². The summed E-state index contributed by atoms with van der Waals surface area (Å²) in [6.07, 6.45) is 3.18. The molecule has 0 rings (SSSR count). The van der Waals surface area contributed by atoms with E-state index in [1.807, 2.05) is 18.9 Å². The number of ether oxygens (including phenoxy) is 1. The number of allylic oxidation sites excluding steroid dienone is 1. The fourth-order valence-corrected chi connectivity index (χ4v) is 3.47. The third kappa shape index (κ3) is 6.41. The van der Waals surface area contributed by atoms with Gasteiger partial charge in [0.05, 0.1) is 20.2 Å². The zero-order valence-electron chi connectivity index (χ0n) is 13.4. The van der Waals surface area contributed by atoms with Gasteiger partial charge in [0, 0.05) is 5.57 Å². The van der Waals surface area contributed by atoms with E-state index in [0.717, 1.165) is 12.5 Å². The zero-order valence-corrected chi connectivity index (χ0v) is 14.4. The number of hydrogen-bond donors (Lipinski definition) is 0. The van der Waals surface area contributed by atoms with E-state index in [9.17, 15) is 9.59 Å². The van der Waals surface area contributed by atoms with E-state index in [1.54, 1.807) is 0 Å². The molecule has 0 aromatic heterocycles. The van der Waals surface area contributed by atoms with E-state index < -0.39 is 13.6 Å². The molecule has 0 heterocycles. The number of carbonyl (C=O) groups excluding carboxylic acids is 2. The zero-order chi connectivity index (χ0) is 16.0. The molecule has 0 radical (unpaired) electrons. The molecule has 0 aromatic rings. The van der Waals surface area contributed by atoms with Crippen molar-refractivity contribution in [2.75, 3.05) is 26.4 Å². The molecule has 1 unspecified atom stereocenters. The maximum Gasteiger partial charge on any atom is 0.187 e. The highest BCUT2D eigenvalue weighted by Gasteiger charge is 2.32. The average molecular weight is 297 g/mol. The van der Waals surface area contributed by atoms with Crippen LogP contribution in [-0.4, -0.2) is 57.0 Å². The molecule has 0 saturated carbocycles. The molecule has 0 bridgehead atoms. The molecule has 0 saturated heterocycles. The first-order valence-electron chi connectivity index (χ1n) is 6.65. The Balaban J connectivity index is 4.52. The van der Waals surface area contributed by atoms with Crippen molar-refractivity contribution in [1.29, 1.82) is 0 Å². The number of likely N-dealkylation sites (N-methyl/N-ethyl adjacent to an activating group) is 1. The van der Waals surface area contributed by atoms with Crippen LogP contribution in [0.1, 0.15) is 6.92 Å². The molecule has 4 nitrogen and oxygen atoms in total. The number of Topliss-reactive ketones (excluding diaryl/α,β-unsaturated/α-hetero) is 1. The van der Waals surface area contributed by atoms with Crippen molar-refractivity contribution < 1.29 is 14.3 Å². The number of aldehydes is 1. The maximum absolute atomic E-state index is 11.6. The smallest absolute Gasteiger partial charge is 0.187 e. The maximum atomic E-state index is 11.6. The van der Waals surface area contributed by atoms with Crippen molar-refractivity contribution in [2.24, 2.45) is 0 Å². The van der Waals surface area contributed by atoms with Crippen LogP contribution in [-0.2, 0) is 14.3 Å². The van der Waals surface area contributed by atoms with Crippen LogP contribution >= 0.6 is 0 Å². The van der Waals surface area contributed by atoms with Gasteiger partial charge in [-0.1, -0.05) is 38.9 Å². The lowest BCUT2D eigenvalue weighted by Crippen LogP contribution is -2.54. The summed E-state index contributed by atoms with van der Waals surface area (Å²) in [4.78, 5) is 25.0. The summed E-state index contributed by atoms with van der Waals surface area (Å²) in [7, 11) is 0.603. The van der Waals surface area contributed by atoms with E-state index in [2.05, 4.69) is 32.8 Å². The normalized spacial score (nSPS) is 14.7. The van der Waals surface area contributed by atoms with Crippen molar-refractivity contribution in [3.8, 4) is 0 Å². The van der Waals surface area contributed by atoms with Crippen molar-refractivity contribution in [2.45, 2.75) is 32.1 Å². The Morgan fingerprint density at radius 2 is 1.95 bits per heavy atom. The van der Waals surface area contributed by atoms with Crippen LogP contribution < -0.4 is 0 Å². The predicted molar refractivity (Wildman–Crippen MR) is 85.6 cm³/mol. The quantitative estimate of drug-likeness (QED) is 0.268. The Morgan fingerprint density at radius 1 is 1.40 bits per heavy atom. The number of rotatable bonds is 10. The Labute approximate surface area is 123 Å². The van der Waals surface area contributed by atoms with Gasteiger partial charge < -0.3 is 9.53 Å². The van der Waals surface area contributed by atoms with Crippen molar-refractivity contribution in [3.05, 3.63) is 24.8 Å². The molecule has 1 atom stereocenters. The van der Waals surface area contributed by atoms with Gasteiger partial charge in [0.1, 0.15) is 12.9 Å². The largest absolute Gasteiger partial charge is 0.371 e. The van der Waals surface area contributed by atoms with Gasteiger partial charge in [-0.2, -0.15) is 0 Å². The molecular formula is C15H27NO3Si. The summed E-state index contributed by atoms with van der Waals surface area (Å²) in [5.74, 6) is -0.207. The van der Waals surface area contributed by atoms with E-state index in [-0.39, 0.29) is 19.0 Å². The van der Waals surface area contributed by atoms with Gasteiger partial charge in [0.2, 0.25) is 0 Å². The summed E-state index contributed by atoms with van der Waals surface area (Å²) in [5.41, 5.74) is -0.385. The van der Waals surface area contributed by atoms with Crippen LogP contribution in [0, 0.1) is 0 Å². The molecule has 0 aromatic carbocycles. The SMILES string of the molecule is C=CC(=C)C(=O)COCC(C)(C=O)N(C)C[Si](C)(C)C. The molecular weight excluding hydrogens is 270 g/mol. The molecule has 0 amide bonds. The predicted octanol–water partition coefficient (Wildman–Crippen LogP) is 2.08. The van der Waals surface area contributed by atoms with Crippen LogP contribution in [0.15, 0.2) is 24.8 Å². The summed E-state index contributed by atoms with van der Waals surface area (Å²) < 4.78 is 5.39. The van der Waals surface area contributed by atoms with Gasteiger partial charge in [-0.25, -0.2) is 0 Å². The molecule has 20 heavy (non-hydrogen) atoms. The van der Waals surface area contributed by atoms with Gasteiger partial charge in [-0.15, -0.1) is 0 Å². The topological polar surface area (TPSA) is 46.6 Å². The Kier molecular flexibility index (Phi) is 7.26. The van der Waals surface area contributed by atoms with E-state index in [4.69, 9.17) is 4.74 Å². The van der Waals surface area contributed by atoms with E-state index in [0.29, 0.717) is 5.57 Å². The standard InChI is InChI=1S/C15H27NO3Si/c1-8-13(2)14(18)9-19-11-15(3,10-17)16(4)12-20(5,6)7/h8,10H,1-2,9,11-12H2,3-7H3. The fraction of sp³-hybridized carbons (Fsp3) is 0.600. The first-order chi connectivity index (χ1) is 9.05. The lowest BCUT2D eigenvalue weighted by atomic mass is 10.1. The Morgan fingerprint density at radius 3 is 2.35 bits per heavy atom. The lowest BCUT2D eigenvalue weighted by molar-refractivity contribution is -0.126. The lowest BCUT2D eigenvalue weighted by Gasteiger charge is -2.37. The molecule has 0 aliphatic heterocycles. The second-order valence-corrected chi connectivity index (χ2v) is 12.0. The van der Waals surface area contributed by atoms with Crippen LogP contribution in [0.25, 0.3) is 0 Å². The van der Waals surface area contributed by atoms with Crippen LogP contribution in [0.2, 0.25) is 19.6 Å². The molecule has 0 spiro atoms. The number of carbonyl (C=O) groups is 2. The van der Waals surface area contributed by atoms with Gasteiger partial charge in [-0.05, 0) is 20.1 Å². The third-order valence-corrected chi connectivity index (χ3v) is 4.49. The monoisotopic (exact) mass is 297 g/mol. The minimum absolute atomic E-state index is 0.0743. The van der Waals surface area contributed by atoms with E-state index in [1.165, 1.54) is 6.08 Å².